The molecule has 2 N–H and O–H groups in total. The summed E-state index contributed by atoms with van der Waals surface area (Å²) in [7, 11) is 1.57. The van der Waals surface area contributed by atoms with Gasteiger partial charge < -0.3 is 25.2 Å². The van der Waals surface area contributed by atoms with Crippen LogP contribution in [0.5, 0.6) is 5.75 Å². The van der Waals surface area contributed by atoms with E-state index in [-0.39, 0.29) is 48.1 Å². The molecule has 276 valence electrons. The van der Waals surface area contributed by atoms with Crippen molar-refractivity contribution in [2.45, 2.75) is 97.4 Å². The third-order valence-electron chi connectivity index (χ3n) is 8.87. The van der Waals surface area contributed by atoms with E-state index in [4.69, 9.17) is 4.74 Å². The number of aromatic nitrogens is 3. The Labute approximate surface area is 300 Å². The van der Waals surface area contributed by atoms with Gasteiger partial charge in [0.25, 0.3) is 5.91 Å². The molecule has 2 aliphatic heterocycles. The minimum Gasteiger partial charge on any atom is -0.486 e. The zero-order chi connectivity index (χ0) is 36.8. The van der Waals surface area contributed by atoms with Crippen LogP contribution in [0.2, 0.25) is 0 Å². The van der Waals surface area contributed by atoms with Crippen LogP contribution < -0.4 is 15.4 Å². The molecule has 12 nitrogen and oxygen atoms in total. The van der Waals surface area contributed by atoms with Crippen LogP contribution in [-0.4, -0.2) is 87.2 Å². The van der Waals surface area contributed by atoms with Gasteiger partial charge in [0.2, 0.25) is 17.7 Å². The summed E-state index contributed by atoms with van der Waals surface area (Å²) in [5.74, 6) is -2.02. The number of likely N-dealkylation sites (N-methyl/N-ethyl adjacent to an activating group) is 1. The molecule has 51 heavy (non-hydrogen) atoms. The SMILES string of the molecule is CC(C)CC1NC(=O)c2ccc(F)cc2OCc2cn(nn2)CCCCCCCNC(=O)CN(C)C(=O)C2CCCN2C1=O.Cc1ccccc1. The number of aryl methyl sites for hydroxylation is 2. The minimum atomic E-state index is -0.920. The topological polar surface area (TPSA) is 139 Å². The molecule has 0 saturated carbocycles. The van der Waals surface area contributed by atoms with E-state index >= 15 is 0 Å². The number of amides is 4. The molecule has 2 atom stereocenters. The van der Waals surface area contributed by atoms with E-state index in [1.807, 2.05) is 32.0 Å². The van der Waals surface area contributed by atoms with Crippen LogP contribution in [0.3, 0.4) is 0 Å². The molecule has 0 spiro atoms. The van der Waals surface area contributed by atoms with Gasteiger partial charge in [-0.05, 0) is 57.1 Å². The molecule has 1 aromatic heterocycles. The van der Waals surface area contributed by atoms with Gasteiger partial charge in [0.1, 0.15) is 36.0 Å². The molecule has 0 radical (unpaired) electrons. The summed E-state index contributed by atoms with van der Waals surface area (Å²) in [6.07, 6.45) is 7.91. The van der Waals surface area contributed by atoms with E-state index in [2.05, 4.69) is 40.0 Å². The van der Waals surface area contributed by atoms with Gasteiger partial charge in [0, 0.05) is 32.7 Å². The normalized spacial score (nSPS) is 20.1. The van der Waals surface area contributed by atoms with Crippen LogP contribution in [0, 0.1) is 18.7 Å². The number of halogens is 1. The lowest BCUT2D eigenvalue weighted by Crippen LogP contribution is -2.54. The number of benzene rings is 2. The number of hydrogen-bond donors (Lipinski definition) is 2. The molecular formula is C38H52FN7O5. The van der Waals surface area contributed by atoms with E-state index in [1.165, 1.54) is 21.4 Å². The Hall–Kier alpha value is -4.81. The number of carbonyl (C=O) groups excluding carboxylic acids is 4. The molecule has 3 aromatic rings. The summed E-state index contributed by atoms with van der Waals surface area (Å²) in [4.78, 5) is 56.2. The standard InChI is InChI=1S/C31H44FN7O5.C7H8/c1-21(2)16-25-30(42)39-15-9-10-26(39)31(43)37(3)19-28(40)33-13-7-5-4-6-8-14-38-18-23(35-36-38)20-44-27-17-22(32)11-12-24(27)29(41)34-25;1-7-5-3-2-4-6-7/h11-12,17-18,21,25-26H,4-10,13-16,19-20H2,1-3H3,(H,33,40)(H,34,41);2-6H,1H3. The number of ether oxygens (including phenoxy) is 1. The fourth-order valence-electron chi connectivity index (χ4n) is 6.18. The second kappa shape index (κ2) is 19.5. The van der Waals surface area contributed by atoms with Crippen molar-refractivity contribution in [3.63, 3.8) is 0 Å². The van der Waals surface area contributed by atoms with Crippen molar-refractivity contribution in [1.29, 1.82) is 0 Å². The summed E-state index contributed by atoms with van der Waals surface area (Å²) in [6, 6.07) is 12.2. The first-order valence-corrected chi connectivity index (χ1v) is 18.0. The average Bonchev–Trinajstić information content (AvgIpc) is 3.78. The van der Waals surface area contributed by atoms with Gasteiger partial charge in [-0.1, -0.05) is 74.2 Å². The largest absolute Gasteiger partial charge is 0.486 e. The second-order valence-electron chi connectivity index (χ2n) is 13.7. The lowest BCUT2D eigenvalue weighted by Gasteiger charge is -2.31. The number of hydrogen-bond acceptors (Lipinski definition) is 7. The number of carbonyl (C=O) groups is 4. The number of nitrogens with zero attached hydrogens (tertiary/aromatic N) is 5. The highest BCUT2D eigenvalue weighted by Crippen LogP contribution is 2.24. The highest BCUT2D eigenvalue weighted by molar-refractivity contribution is 6.00. The Morgan fingerprint density at radius 3 is 2.41 bits per heavy atom. The quantitative estimate of drug-likeness (QED) is 0.396. The summed E-state index contributed by atoms with van der Waals surface area (Å²) < 4.78 is 21.8. The molecule has 2 bridgehead atoms. The van der Waals surface area contributed by atoms with Crippen LogP contribution in [0.1, 0.15) is 86.8 Å². The highest BCUT2D eigenvalue weighted by Gasteiger charge is 2.39. The predicted molar refractivity (Wildman–Crippen MR) is 191 cm³/mol. The van der Waals surface area contributed by atoms with Crippen LogP contribution in [0.15, 0.2) is 54.7 Å². The van der Waals surface area contributed by atoms with Crippen molar-refractivity contribution in [3.05, 3.63) is 77.4 Å². The van der Waals surface area contributed by atoms with Crippen molar-refractivity contribution in [1.82, 2.24) is 35.4 Å². The summed E-state index contributed by atoms with van der Waals surface area (Å²) in [5, 5.41) is 14.0. The first-order valence-electron chi connectivity index (χ1n) is 18.0. The van der Waals surface area contributed by atoms with Crippen molar-refractivity contribution < 1.29 is 28.3 Å². The maximum atomic E-state index is 14.2. The fraction of sp³-hybridized carbons (Fsp3) is 0.526. The van der Waals surface area contributed by atoms with E-state index < -0.39 is 23.8 Å². The van der Waals surface area contributed by atoms with E-state index in [0.29, 0.717) is 44.6 Å². The smallest absolute Gasteiger partial charge is 0.255 e. The first kappa shape index (κ1) is 39.0. The molecule has 4 amide bonds. The third-order valence-corrected chi connectivity index (χ3v) is 8.87. The van der Waals surface area contributed by atoms with Crippen molar-refractivity contribution in [2.75, 3.05) is 26.7 Å². The number of nitrogens with one attached hydrogen (secondary N) is 2. The van der Waals surface area contributed by atoms with Crippen LogP contribution >= 0.6 is 0 Å². The van der Waals surface area contributed by atoms with Crippen LogP contribution in [0.25, 0.3) is 0 Å². The first-order chi connectivity index (χ1) is 24.5. The summed E-state index contributed by atoms with van der Waals surface area (Å²) >= 11 is 0. The monoisotopic (exact) mass is 705 g/mol. The molecule has 0 aliphatic carbocycles. The minimum absolute atomic E-state index is 0.0190. The lowest BCUT2D eigenvalue weighted by molar-refractivity contribution is -0.145. The van der Waals surface area contributed by atoms with E-state index in [0.717, 1.165) is 44.2 Å². The molecule has 1 saturated heterocycles. The molecule has 5 rings (SSSR count). The fourth-order valence-corrected chi connectivity index (χ4v) is 6.18. The van der Waals surface area contributed by atoms with E-state index in [1.54, 1.807) is 17.9 Å². The molecule has 3 heterocycles. The zero-order valence-corrected chi connectivity index (χ0v) is 30.3. The van der Waals surface area contributed by atoms with Crippen LogP contribution in [-0.2, 0) is 27.5 Å². The molecule has 2 unspecified atom stereocenters. The lowest BCUT2D eigenvalue weighted by atomic mass is 10.0. The van der Waals surface area contributed by atoms with E-state index in [9.17, 15) is 23.6 Å². The Kier molecular flexibility index (Phi) is 14.9. The summed E-state index contributed by atoms with van der Waals surface area (Å²) in [5.41, 5.74) is 1.93. The number of rotatable bonds is 2. The van der Waals surface area contributed by atoms with Gasteiger partial charge in [-0.2, -0.15) is 0 Å². The Morgan fingerprint density at radius 2 is 1.69 bits per heavy atom. The molecule has 13 heteroatoms. The van der Waals surface area contributed by atoms with Gasteiger partial charge in [-0.3, -0.25) is 23.9 Å². The summed E-state index contributed by atoms with van der Waals surface area (Å²) in [6.45, 7) is 7.42. The van der Waals surface area contributed by atoms with Crippen LogP contribution in [0.4, 0.5) is 4.39 Å². The van der Waals surface area contributed by atoms with Gasteiger partial charge in [0.05, 0.1) is 18.3 Å². The molecule has 2 aromatic carbocycles. The Bertz CT molecular complexity index is 1600. The van der Waals surface area contributed by atoms with Gasteiger partial charge in [-0.15, -0.1) is 5.10 Å². The second-order valence-corrected chi connectivity index (χ2v) is 13.7. The van der Waals surface area contributed by atoms with Gasteiger partial charge in [0.15, 0.2) is 0 Å². The molecule has 1 fully saturated rings. The number of fused-ring (bicyclic) bond motifs is 4. The third kappa shape index (κ3) is 12.2. The van der Waals surface area contributed by atoms with Crippen molar-refractivity contribution >= 4 is 23.6 Å². The van der Waals surface area contributed by atoms with Gasteiger partial charge in [-0.25, -0.2) is 4.39 Å². The Balaban J connectivity index is 0.000000742. The Morgan fingerprint density at radius 1 is 0.941 bits per heavy atom. The predicted octanol–water partition coefficient (Wildman–Crippen LogP) is 4.67. The zero-order valence-electron chi connectivity index (χ0n) is 30.3. The molecule has 2 aliphatic rings. The average molecular weight is 706 g/mol. The maximum Gasteiger partial charge on any atom is 0.255 e. The van der Waals surface area contributed by atoms with Crippen molar-refractivity contribution in [2.24, 2.45) is 5.92 Å². The molecular weight excluding hydrogens is 653 g/mol. The highest BCUT2D eigenvalue weighted by atomic mass is 19.1. The maximum absolute atomic E-state index is 14.2. The van der Waals surface area contributed by atoms with Crippen molar-refractivity contribution in [3.8, 4) is 5.75 Å². The van der Waals surface area contributed by atoms with Gasteiger partial charge >= 0.3 is 0 Å².